The number of nitrogens with one attached hydrogen (secondary N) is 1. The van der Waals surface area contributed by atoms with Gasteiger partial charge in [0.2, 0.25) is 5.91 Å². The van der Waals surface area contributed by atoms with Crippen LogP contribution in [0, 0.1) is 17.3 Å². The summed E-state index contributed by atoms with van der Waals surface area (Å²) in [5.41, 5.74) is 1.80. The molecule has 1 N–H and O–H groups in total. The van der Waals surface area contributed by atoms with Crippen molar-refractivity contribution in [1.29, 1.82) is 0 Å². The molecule has 6 rings (SSSR count). The van der Waals surface area contributed by atoms with E-state index in [4.69, 9.17) is 0 Å². The lowest BCUT2D eigenvalue weighted by molar-refractivity contribution is -0.152. The Hall–Kier alpha value is -2.24. The number of amides is 1. The molecule has 148 valence electrons. The largest absolute Gasteiger partial charge is 0.326 e. The molecule has 0 saturated heterocycles. The quantitative estimate of drug-likeness (QED) is 0.848. The van der Waals surface area contributed by atoms with E-state index in [9.17, 15) is 4.79 Å². The molecule has 1 amide bonds. The number of tetrazole rings is 1. The first kappa shape index (κ1) is 17.8. The topological polar surface area (TPSA) is 72.7 Å². The summed E-state index contributed by atoms with van der Waals surface area (Å²) in [6.07, 6.45) is 8.87. The summed E-state index contributed by atoms with van der Waals surface area (Å²) in [5.74, 6) is 1.90. The van der Waals surface area contributed by atoms with Crippen molar-refractivity contribution in [3.05, 3.63) is 36.2 Å². The number of nitrogens with zero attached hydrogens (tertiary/aromatic N) is 4. The van der Waals surface area contributed by atoms with Crippen LogP contribution in [0.25, 0.3) is 0 Å². The predicted octanol–water partition coefficient (Wildman–Crippen LogP) is 4.12. The summed E-state index contributed by atoms with van der Waals surface area (Å²) >= 11 is 0. The van der Waals surface area contributed by atoms with E-state index < -0.39 is 0 Å². The standard InChI is InChI=1S/C22H29N5O/c1-3-15(2)18-4-6-19(7-5-18)25-20(28)21-9-16-8-17(10-21)12-22(11-16,13-21)27-24-14-23-26-27/h4-7,14-17H,3,8-13H2,1-2H3,(H,25,28). The zero-order chi connectivity index (χ0) is 19.4. The highest BCUT2D eigenvalue weighted by atomic mass is 16.2. The van der Waals surface area contributed by atoms with E-state index in [0.29, 0.717) is 17.8 Å². The maximum Gasteiger partial charge on any atom is 0.230 e. The Balaban J connectivity index is 1.39. The summed E-state index contributed by atoms with van der Waals surface area (Å²) in [5, 5.41) is 15.8. The van der Waals surface area contributed by atoms with Gasteiger partial charge in [-0.15, -0.1) is 10.2 Å². The first-order chi connectivity index (χ1) is 13.5. The Morgan fingerprint density at radius 2 is 1.93 bits per heavy atom. The van der Waals surface area contributed by atoms with Crippen molar-refractivity contribution in [3.63, 3.8) is 0 Å². The fourth-order valence-electron chi connectivity index (χ4n) is 6.49. The second kappa shape index (κ2) is 6.39. The fourth-order valence-corrected chi connectivity index (χ4v) is 6.49. The molecule has 1 aromatic carbocycles. The van der Waals surface area contributed by atoms with E-state index in [1.54, 1.807) is 0 Å². The lowest BCUT2D eigenvalue weighted by atomic mass is 9.46. The Morgan fingerprint density at radius 3 is 2.54 bits per heavy atom. The summed E-state index contributed by atoms with van der Waals surface area (Å²) in [7, 11) is 0. The first-order valence-corrected chi connectivity index (χ1v) is 10.7. The number of carbonyl (C=O) groups is 1. The summed E-state index contributed by atoms with van der Waals surface area (Å²) in [6.45, 7) is 4.44. The van der Waals surface area contributed by atoms with Gasteiger partial charge in [-0.3, -0.25) is 4.79 Å². The van der Waals surface area contributed by atoms with Gasteiger partial charge in [-0.25, -0.2) is 0 Å². The lowest BCUT2D eigenvalue weighted by Gasteiger charge is -2.60. The maximum absolute atomic E-state index is 13.5. The van der Waals surface area contributed by atoms with Crippen LogP contribution in [-0.4, -0.2) is 26.1 Å². The van der Waals surface area contributed by atoms with Gasteiger partial charge in [-0.05, 0) is 85.6 Å². The number of aromatic nitrogens is 4. The molecule has 1 heterocycles. The molecule has 3 unspecified atom stereocenters. The van der Waals surface area contributed by atoms with Gasteiger partial charge in [0.05, 0.1) is 11.0 Å². The highest BCUT2D eigenvalue weighted by Crippen LogP contribution is 2.64. The number of hydrogen-bond acceptors (Lipinski definition) is 4. The second-order valence-electron chi connectivity index (χ2n) is 9.58. The van der Waals surface area contributed by atoms with Crippen molar-refractivity contribution in [3.8, 4) is 0 Å². The molecule has 0 aliphatic heterocycles. The highest BCUT2D eigenvalue weighted by molar-refractivity contribution is 5.95. The molecular weight excluding hydrogens is 350 g/mol. The van der Waals surface area contributed by atoms with E-state index in [2.05, 4.69) is 58.8 Å². The van der Waals surface area contributed by atoms with Gasteiger partial charge in [0, 0.05) is 5.69 Å². The number of benzene rings is 1. The molecule has 0 spiro atoms. The number of rotatable bonds is 5. The van der Waals surface area contributed by atoms with Gasteiger partial charge in [0.25, 0.3) is 0 Å². The summed E-state index contributed by atoms with van der Waals surface area (Å²) in [4.78, 5) is 15.3. The van der Waals surface area contributed by atoms with Crippen LogP contribution in [0.5, 0.6) is 0 Å². The molecule has 4 aliphatic carbocycles. The number of anilines is 1. The molecule has 4 aliphatic rings. The van der Waals surface area contributed by atoms with Gasteiger partial charge < -0.3 is 5.32 Å². The van der Waals surface area contributed by atoms with E-state index in [1.807, 2.05) is 4.80 Å². The van der Waals surface area contributed by atoms with Gasteiger partial charge in [-0.2, -0.15) is 4.80 Å². The molecule has 4 fully saturated rings. The molecule has 1 aromatic heterocycles. The molecule has 3 atom stereocenters. The number of carbonyl (C=O) groups excluding carboxylic acids is 1. The van der Waals surface area contributed by atoms with Crippen LogP contribution >= 0.6 is 0 Å². The average Bonchev–Trinajstić information content (AvgIpc) is 3.23. The third-order valence-electron chi connectivity index (χ3n) is 7.64. The normalized spacial score (nSPS) is 34.4. The van der Waals surface area contributed by atoms with E-state index >= 15 is 0 Å². The van der Waals surface area contributed by atoms with Crippen molar-refractivity contribution in [2.45, 2.75) is 70.3 Å². The fraction of sp³-hybridized carbons (Fsp3) is 0.636. The van der Waals surface area contributed by atoms with Crippen LogP contribution in [0.3, 0.4) is 0 Å². The third-order valence-corrected chi connectivity index (χ3v) is 7.64. The van der Waals surface area contributed by atoms with Gasteiger partial charge >= 0.3 is 0 Å². The van der Waals surface area contributed by atoms with Crippen molar-refractivity contribution in [2.75, 3.05) is 5.32 Å². The van der Waals surface area contributed by atoms with E-state index in [0.717, 1.165) is 44.2 Å². The zero-order valence-corrected chi connectivity index (χ0v) is 16.8. The minimum Gasteiger partial charge on any atom is -0.326 e. The van der Waals surface area contributed by atoms with Crippen LogP contribution < -0.4 is 5.32 Å². The zero-order valence-electron chi connectivity index (χ0n) is 16.8. The van der Waals surface area contributed by atoms with Crippen molar-refractivity contribution in [2.24, 2.45) is 17.3 Å². The molecule has 6 nitrogen and oxygen atoms in total. The number of hydrogen-bond donors (Lipinski definition) is 1. The second-order valence-corrected chi connectivity index (χ2v) is 9.58. The van der Waals surface area contributed by atoms with Crippen LogP contribution in [0.2, 0.25) is 0 Å². The summed E-state index contributed by atoms with van der Waals surface area (Å²) < 4.78 is 0. The van der Waals surface area contributed by atoms with Crippen LogP contribution in [0.1, 0.15) is 70.3 Å². The Labute approximate surface area is 166 Å². The Bertz CT molecular complexity index is 846. The lowest BCUT2D eigenvalue weighted by Crippen LogP contribution is -2.60. The minimum absolute atomic E-state index is 0.127. The molecular formula is C22H29N5O. The highest BCUT2D eigenvalue weighted by Gasteiger charge is 2.62. The Morgan fingerprint density at radius 1 is 1.21 bits per heavy atom. The van der Waals surface area contributed by atoms with Gasteiger partial charge in [0.1, 0.15) is 0 Å². The van der Waals surface area contributed by atoms with Crippen LogP contribution in [-0.2, 0) is 10.3 Å². The molecule has 28 heavy (non-hydrogen) atoms. The van der Waals surface area contributed by atoms with E-state index in [-0.39, 0.29) is 16.9 Å². The maximum atomic E-state index is 13.5. The third kappa shape index (κ3) is 2.76. The first-order valence-electron chi connectivity index (χ1n) is 10.7. The smallest absolute Gasteiger partial charge is 0.230 e. The monoisotopic (exact) mass is 379 g/mol. The minimum atomic E-state index is -0.299. The molecule has 4 saturated carbocycles. The van der Waals surface area contributed by atoms with Crippen molar-refractivity contribution < 1.29 is 4.79 Å². The van der Waals surface area contributed by atoms with E-state index in [1.165, 1.54) is 18.3 Å². The predicted molar refractivity (Wildman–Crippen MR) is 107 cm³/mol. The van der Waals surface area contributed by atoms with Crippen LogP contribution in [0.4, 0.5) is 5.69 Å². The molecule has 4 bridgehead atoms. The average molecular weight is 380 g/mol. The van der Waals surface area contributed by atoms with Crippen molar-refractivity contribution >= 4 is 11.6 Å². The van der Waals surface area contributed by atoms with Crippen molar-refractivity contribution in [1.82, 2.24) is 20.2 Å². The Kier molecular flexibility index (Phi) is 4.07. The SMILES string of the molecule is CCC(C)c1ccc(NC(=O)C23CC4CC(C2)CC(n2ncnn2)(C4)C3)cc1. The van der Waals surface area contributed by atoms with Gasteiger partial charge in [0.15, 0.2) is 6.33 Å². The molecule has 6 heteroatoms. The summed E-state index contributed by atoms with van der Waals surface area (Å²) in [6, 6.07) is 8.39. The van der Waals surface area contributed by atoms with Crippen LogP contribution in [0.15, 0.2) is 30.6 Å². The van der Waals surface area contributed by atoms with Gasteiger partial charge in [-0.1, -0.05) is 26.0 Å². The molecule has 0 radical (unpaired) electrons. The molecule has 2 aromatic rings.